The van der Waals surface area contributed by atoms with Gasteiger partial charge in [0.05, 0.1) is 11.4 Å². The number of fused-ring (bicyclic) bond motifs is 1. The normalized spacial score (nSPS) is 19.1. The Balaban J connectivity index is 2.10. The van der Waals surface area contributed by atoms with Crippen LogP contribution in [-0.2, 0) is 0 Å². The van der Waals surface area contributed by atoms with Gasteiger partial charge in [-0.3, -0.25) is 0 Å². The van der Waals surface area contributed by atoms with E-state index in [1.165, 1.54) is 30.1 Å². The number of para-hydroxylation sites is 2. The fourth-order valence-corrected chi connectivity index (χ4v) is 2.62. The monoisotopic (exact) mass is 236 g/mol. The van der Waals surface area contributed by atoms with E-state index in [2.05, 4.69) is 47.7 Å². The highest BCUT2D eigenvalue weighted by atomic mass is 32.2. The molecule has 0 aliphatic carbocycles. The summed E-state index contributed by atoms with van der Waals surface area (Å²) in [5, 5.41) is 3.49. The zero-order valence-electron chi connectivity index (χ0n) is 10.1. The Morgan fingerprint density at radius 1 is 1.44 bits per heavy atom. The molecular weight excluding hydrogens is 216 g/mol. The van der Waals surface area contributed by atoms with Gasteiger partial charge in [-0.25, -0.2) is 0 Å². The van der Waals surface area contributed by atoms with Gasteiger partial charge in [0.1, 0.15) is 0 Å². The third kappa shape index (κ3) is 2.46. The maximum atomic E-state index is 3.49. The third-order valence-corrected chi connectivity index (χ3v) is 3.78. The van der Waals surface area contributed by atoms with E-state index >= 15 is 0 Å². The number of anilines is 2. The molecule has 0 bridgehead atoms. The molecule has 0 spiro atoms. The summed E-state index contributed by atoms with van der Waals surface area (Å²) < 4.78 is 0. The molecule has 1 aromatic rings. The lowest BCUT2D eigenvalue weighted by atomic mass is 10.1. The number of hydrogen-bond acceptors (Lipinski definition) is 3. The number of thioether (sulfide) groups is 1. The molecule has 0 saturated heterocycles. The molecule has 16 heavy (non-hydrogen) atoms. The molecule has 3 heteroatoms. The fraction of sp³-hybridized carbons (Fsp3) is 0.538. The summed E-state index contributed by atoms with van der Waals surface area (Å²) in [4.78, 5) is 2.53. The van der Waals surface area contributed by atoms with Crippen molar-refractivity contribution in [2.24, 2.45) is 0 Å². The summed E-state index contributed by atoms with van der Waals surface area (Å²) in [6.07, 6.45) is 3.44. The topological polar surface area (TPSA) is 15.3 Å². The van der Waals surface area contributed by atoms with Crippen molar-refractivity contribution in [3.8, 4) is 0 Å². The van der Waals surface area contributed by atoms with Crippen LogP contribution in [0.1, 0.15) is 13.3 Å². The van der Waals surface area contributed by atoms with Gasteiger partial charge in [0.25, 0.3) is 0 Å². The van der Waals surface area contributed by atoms with Crippen LogP contribution in [-0.4, -0.2) is 31.1 Å². The third-order valence-electron chi connectivity index (χ3n) is 3.08. The van der Waals surface area contributed by atoms with E-state index < -0.39 is 0 Å². The molecule has 1 atom stereocenters. The molecule has 1 aromatic carbocycles. The Kier molecular flexibility index (Phi) is 3.99. The van der Waals surface area contributed by atoms with Crippen molar-refractivity contribution in [1.29, 1.82) is 0 Å². The smallest absolute Gasteiger partial charge is 0.0605 e. The molecule has 2 rings (SSSR count). The van der Waals surface area contributed by atoms with Crippen LogP contribution in [0.25, 0.3) is 0 Å². The molecule has 1 N–H and O–H groups in total. The lowest BCUT2D eigenvalue weighted by Gasteiger charge is -2.37. The average Bonchev–Trinajstić information content (AvgIpc) is 2.32. The minimum Gasteiger partial charge on any atom is -0.381 e. The highest BCUT2D eigenvalue weighted by Gasteiger charge is 2.21. The lowest BCUT2D eigenvalue weighted by molar-refractivity contribution is 0.636. The van der Waals surface area contributed by atoms with Gasteiger partial charge in [0, 0.05) is 19.1 Å². The van der Waals surface area contributed by atoms with Gasteiger partial charge >= 0.3 is 0 Å². The zero-order valence-corrected chi connectivity index (χ0v) is 10.9. The summed E-state index contributed by atoms with van der Waals surface area (Å²) in [5.41, 5.74) is 2.65. The first-order chi connectivity index (χ1) is 7.83. The highest BCUT2D eigenvalue weighted by Crippen LogP contribution is 2.31. The van der Waals surface area contributed by atoms with Crippen LogP contribution in [0, 0.1) is 0 Å². The fourth-order valence-electron chi connectivity index (χ4n) is 2.20. The van der Waals surface area contributed by atoms with Crippen LogP contribution in [0.4, 0.5) is 11.4 Å². The molecule has 88 valence electrons. The predicted octanol–water partition coefficient (Wildman–Crippen LogP) is 3.06. The average molecular weight is 236 g/mol. The Morgan fingerprint density at radius 3 is 3.06 bits per heavy atom. The SMILES string of the molecule is CSCCCN1c2ccccc2NCC1C. The molecule has 1 aliphatic heterocycles. The Bertz CT molecular complexity index is 340. The van der Waals surface area contributed by atoms with Gasteiger partial charge in [-0.15, -0.1) is 0 Å². The van der Waals surface area contributed by atoms with E-state index in [4.69, 9.17) is 0 Å². The van der Waals surface area contributed by atoms with Crippen molar-refractivity contribution < 1.29 is 0 Å². The maximum absolute atomic E-state index is 3.49. The Morgan fingerprint density at radius 2 is 2.25 bits per heavy atom. The van der Waals surface area contributed by atoms with E-state index in [0.29, 0.717) is 6.04 Å². The molecule has 1 heterocycles. The minimum atomic E-state index is 0.594. The van der Waals surface area contributed by atoms with Crippen LogP contribution in [0.5, 0.6) is 0 Å². The van der Waals surface area contributed by atoms with E-state index in [1.54, 1.807) is 0 Å². The summed E-state index contributed by atoms with van der Waals surface area (Å²) in [6.45, 7) is 4.51. The van der Waals surface area contributed by atoms with Crippen LogP contribution in [0.3, 0.4) is 0 Å². The molecule has 0 aromatic heterocycles. The highest BCUT2D eigenvalue weighted by molar-refractivity contribution is 7.98. The van der Waals surface area contributed by atoms with Crippen LogP contribution in [0.15, 0.2) is 24.3 Å². The van der Waals surface area contributed by atoms with Crippen molar-refractivity contribution >= 4 is 23.1 Å². The molecule has 0 radical (unpaired) electrons. The quantitative estimate of drug-likeness (QED) is 0.809. The number of rotatable bonds is 4. The first-order valence-corrected chi connectivity index (χ1v) is 7.31. The van der Waals surface area contributed by atoms with Gasteiger partial charge < -0.3 is 10.2 Å². The molecule has 1 unspecified atom stereocenters. The van der Waals surface area contributed by atoms with Crippen molar-refractivity contribution in [3.05, 3.63) is 24.3 Å². The van der Waals surface area contributed by atoms with Gasteiger partial charge in [-0.05, 0) is 37.5 Å². The maximum Gasteiger partial charge on any atom is 0.0605 e. The van der Waals surface area contributed by atoms with Gasteiger partial charge in [-0.1, -0.05) is 12.1 Å². The summed E-state index contributed by atoms with van der Waals surface area (Å²) in [5.74, 6) is 1.25. The second-order valence-electron chi connectivity index (χ2n) is 4.29. The Labute approximate surface area is 102 Å². The minimum absolute atomic E-state index is 0.594. The number of nitrogens with one attached hydrogen (secondary N) is 1. The molecular formula is C13H20N2S. The first-order valence-electron chi connectivity index (χ1n) is 5.91. The van der Waals surface area contributed by atoms with Crippen LogP contribution >= 0.6 is 11.8 Å². The lowest BCUT2D eigenvalue weighted by Crippen LogP contribution is -2.42. The molecule has 0 fully saturated rings. The van der Waals surface area contributed by atoms with E-state index in [1.807, 2.05) is 11.8 Å². The molecule has 0 saturated carbocycles. The van der Waals surface area contributed by atoms with Crippen molar-refractivity contribution in [3.63, 3.8) is 0 Å². The van der Waals surface area contributed by atoms with Crippen molar-refractivity contribution in [2.75, 3.05) is 35.3 Å². The standard InChI is InChI=1S/C13H20N2S/c1-11-10-14-12-6-3-4-7-13(12)15(11)8-5-9-16-2/h3-4,6-7,11,14H,5,8-10H2,1-2H3. The van der Waals surface area contributed by atoms with E-state index in [9.17, 15) is 0 Å². The van der Waals surface area contributed by atoms with Gasteiger partial charge in [-0.2, -0.15) is 11.8 Å². The second kappa shape index (κ2) is 5.48. The summed E-state index contributed by atoms with van der Waals surface area (Å²) in [6, 6.07) is 9.21. The van der Waals surface area contributed by atoms with Crippen LogP contribution < -0.4 is 10.2 Å². The van der Waals surface area contributed by atoms with Crippen molar-refractivity contribution in [1.82, 2.24) is 0 Å². The molecule has 1 aliphatic rings. The second-order valence-corrected chi connectivity index (χ2v) is 5.27. The van der Waals surface area contributed by atoms with E-state index in [-0.39, 0.29) is 0 Å². The zero-order chi connectivity index (χ0) is 11.4. The largest absolute Gasteiger partial charge is 0.381 e. The van der Waals surface area contributed by atoms with Gasteiger partial charge in [0.15, 0.2) is 0 Å². The van der Waals surface area contributed by atoms with Crippen molar-refractivity contribution in [2.45, 2.75) is 19.4 Å². The number of nitrogens with zero attached hydrogens (tertiary/aromatic N) is 1. The van der Waals surface area contributed by atoms with E-state index in [0.717, 1.165) is 6.54 Å². The molecule has 2 nitrogen and oxygen atoms in total. The molecule has 0 amide bonds. The first kappa shape index (κ1) is 11.6. The number of benzene rings is 1. The van der Waals surface area contributed by atoms with Gasteiger partial charge in [0.2, 0.25) is 0 Å². The summed E-state index contributed by atoms with van der Waals surface area (Å²) >= 11 is 1.93. The predicted molar refractivity (Wildman–Crippen MR) is 74.7 cm³/mol. The summed E-state index contributed by atoms with van der Waals surface area (Å²) in [7, 11) is 0. The number of hydrogen-bond donors (Lipinski definition) is 1. The van der Waals surface area contributed by atoms with Crippen LogP contribution in [0.2, 0.25) is 0 Å². The Hall–Kier alpha value is -0.830.